The zero-order valence-corrected chi connectivity index (χ0v) is 15.4. The van der Waals surface area contributed by atoms with Crippen molar-refractivity contribution in [1.82, 2.24) is 0 Å². The minimum Gasteiger partial charge on any atom is -0.481 e. The number of carbonyl (C=O) groups is 3. The van der Waals surface area contributed by atoms with Crippen LogP contribution in [0.5, 0.6) is 0 Å². The van der Waals surface area contributed by atoms with Gasteiger partial charge in [-0.3, -0.25) is 9.59 Å². The average molecular weight is 365 g/mol. The molecular formula is C18H23NO5S. The van der Waals surface area contributed by atoms with Crippen LogP contribution >= 0.6 is 11.3 Å². The van der Waals surface area contributed by atoms with Gasteiger partial charge >= 0.3 is 11.9 Å². The van der Waals surface area contributed by atoms with E-state index < -0.39 is 23.8 Å². The maximum Gasteiger partial charge on any atom is 0.341 e. The summed E-state index contributed by atoms with van der Waals surface area (Å²) in [5.74, 6) is -2.56. The molecule has 2 saturated carbocycles. The van der Waals surface area contributed by atoms with E-state index in [-0.39, 0.29) is 24.3 Å². The van der Waals surface area contributed by atoms with Crippen LogP contribution < -0.4 is 5.32 Å². The third-order valence-electron chi connectivity index (χ3n) is 5.61. The average Bonchev–Trinajstić information content (AvgIpc) is 3.21. The molecule has 0 radical (unpaired) electrons. The summed E-state index contributed by atoms with van der Waals surface area (Å²) in [6, 6.07) is 0. The van der Waals surface area contributed by atoms with Gasteiger partial charge in [-0.05, 0) is 57.4 Å². The van der Waals surface area contributed by atoms with Crippen LogP contribution in [0.2, 0.25) is 0 Å². The summed E-state index contributed by atoms with van der Waals surface area (Å²) in [5.41, 5.74) is 1.18. The van der Waals surface area contributed by atoms with Crippen LogP contribution in [-0.2, 0) is 14.3 Å². The van der Waals surface area contributed by atoms with Gasteiger partial charge in [-0.2, -0.15) is 0 Å². The summed E-state index contributed by atoms with van der Waals surface area (Å²) in [7, 11) is 0. The molecule has 0 unspecified atom stereocenters. The molecule has 136 valence electrons. The van der Waals surface area contributed by atoms with Crippen LogP contribution in [0.1, 0.15) is 47.0 Å². The maximum atomic E-state index is 12.9. The number of anilines is 1. The van der Waals surface area contributed by atoms with E-state index in [4.69, 9.17) is 4.74 Å². The number of esters is 1. The largest absolute Gasteiger partial charge is 0.481 e. The molecule has 1 heterocycles. The molecule has 0 aliphatic heterocycles. The zero-order valence-electron chi connectivity index (χ0n) is 14.6. The predicted molar refractivity (Wildman–Crippen MR) is 93.8 cm³/mol. The summed E-state index contributed by atoms with van der Waals surface area (Å²) >= 11 is 1.33. The second-order valence-corrected chi connectivity index (χ2v) is 8.14. The lowest BCUT2D eigenvalue weighted by Crippen LogP contribution is -2.38. The van der Waals surface area contributed by atoms with Gasteiger partial charge in [0.15, 0.2) is 0 Å². The Hall–Kier alpha value is -1.89. The number of nitrogens with one attached hydrogen (secondary N) is 1. The molecule has 2 aliphatic carbocycles. The van der Waals surface area contributed by atoms with Crippen molar-refractivity contribution in [2.24, 2.45) is 23.7 Å². The summed E-state index contributed by atoms with van der Waals surface area (Å²) in [6.07, 6.45) is 2.60. The van der Waals surface area contributed by atoms with E-state index in [1.807, 2.05) is 13.8 Å². The number of hydrogen-bond donors (Lipinski definition) is 2. The molecule has 2 fully saturated rings. The molecular weight excluding hydrogens is 342 g/mol. The minimum atomic E-state index is -0.892. The number of amides is 1. The molecule has 3 rings (SSSR count). The number of thiophene rings is 1. The topological polar surface area (TPSA) is 92.7 Å². The Kier molecular flexibility index (Phi) is 4.86. The van der Waals surface area contributed by atoms with E-state index in [1.165, 1.54) is 11.3 Å². The molecule has 0 aromatic carbocycles. The van der Waals surface area contributed by atoms with Crippen LogP contribution in [0.25, 0.3) is 0 Å². The van der Waals surface area contributed by atoms with Crippen LogP contribution in [-0.4, -0.2) is 29.6 Å². The third-order valence-corrected chi connectivity index (χ3v) is 6.73. The first-order valence-corrected chi connectivity index (χ1v) is 9.47. The molecule has 7 heteroatoms. The zero-order chi connectivity index (χ0) is 18.3. The van der Waals surface area contributed by atoms with Gasteiger partial charge in [0.1, 0.15) is 5.00 Å². The number of carbonyl (C=O) groups excluding carboxylic acids is 2. The fourth-order valence-electron chi connectivity index (χ4n) is 4.38. The van der Waals surface area contributed by atoms with Gasteiger partial charge in [0.25, 0.3) is 0 Å². The normalized spacial score (nSPS) is 27.3. The number of carboxylic acid groups (broad SMARTS) is 1. The van der Waals surface area contributed by atoms with E-state index in [0.717, 1.165) is 29.7 Å². The van der Waals surface area contributed by atoms with Crippen molar-refractivity contribution in [2.75, 3.05) is 11.9 Å². The second kappa shape index (κ2) is 6.78. The summed E-state index contributed by atoms with van der Waals surface area (Å²) in [6.45, 7) is 5.70. The van der Waals surface area contributed by atoms with Crippen molar-refractivity contribution in [3.8, 4) is 0 Å². The second-order valence-electron chi connectivity index (χ2n) is 6.92. The van der Waals surface area contributed by atoms with Crippen molar-refractivity contribution in [3.63, 3.8) is 0 Å². The van der Waals surface area contributed by atoms with Crippen LogP contribution in [0.4, 0.5) is 5.00 Å². The van der Waals surface area contributed by atoms with Crippen molar-refractivity contribution < 1.29 is 24.2 Å². The first-order valence-electron chi connectivity index (χ1n) is 8.65. The highest BCUT2D eigenvalue weighted by Crippen LogP contribution is 2.52. The number of aryl methyl sites for hydroxylation is 1. The first kappa shape index (κ1) is 17.9. The Morgan fingerprint density at radius 3 is 2.44 bits per heavy atom. The fourth-order valence-corrected chi connectivity index (χ4v) is 5.43. The van der Waals surface area contributed by atoms with E-state index in [0.29, 0.717) is 10.6 Å². The van der Waals surface area contributed by atoms with Gasteiger partial charge in [-0.25, -0.2) is 4.79 Å². The molecule has 1 aromatic heterocycles. The lowest BCUT2D eigenvalue weighted by Gasteiger charge is -2.26. The van der Waals surface area contributed by atoms with Gasteiger partial charge in [0.2, 0.25) is 5.91 Å². The molecule has 1 amide bonds. The molecule has 0 spiro atoms. The van der Waals surface area contributed by atoms with Gasteiger partial charge in [0, 0.05) is 4.88 Å². The van der Waals surface area contributed by atoms with Crippen LogP contribution in [0.15, 0.2) is 0 Å². The Balaban J connectivity index is 1.85. The van der Waals surface area contributed by atoms with Crippen molar-refractivity contribution in [3.05, 3.63) is 16.0 Å². The van der Waals surface area contributed by atoms with Gasteiger partial charge in [0.05, 0.1) is 24.0 Å². The van der Waals surface area contributed by atoms with Gasteiger partial charge in [-0.1, -0.05) is 0 Å². The molecule has 1 aromatic rings. The quantitative estimate of drug-likeness (QED) is 0.782. The Morgan fingerprint density at radius 2 is 1.84 bits per heavy atom. The summed E-state index contributed by atoms with van der Waals surface area (Å²) in [4.78, 5) is 37.7. The molecule has 4 atom stereocenters. The van der Waals surface area contributed by atoms with E-state index in [2.05, 4.69) is 5.32 Å². The highest BCUT2D eigenvalue weighted by Gasteiger charge is 2.54. The molecule has 2 N–H and O–H groups in total. The van der Waals surface area contributed by atoms with Crippen LogP contribution in [0.3, 0.4) is 0 Å². The lowest BCUT2D eigenvalue weighted by molar-refractivity contribution is -0.148. The molecule has 2 bridgehead atoms. The van der Waals surface area contributed by atoms with Crippen molar-refractivity contribution in [2.45, 2.75) is 40.0 Å². The minimum absolute atomic E-state index is 0.0922. The SMILES string of the molecule is CCOC(=O)c1c(NC(=O)[C@@H]2[C@@H]3CC[C@H](C3)[C@@H]2C(=O)O)sc(C)c1C. The summed E-state index contributed by atoms with van der Waals surface area (Å²) < 4.78 is 5.10. The smallest absolute Gasteiger partial charge is 0.341 e. The Labute approximate surface area is 150 Å². The van der Waals surface area contributed by atoms with Crippen LogP contribution in [0, 0.1) is 37.5 Å². The summed E-state index contributed by atoms with van der Waals surface area (Å²) in [5, 5.41) is 12.8. The number of hydrogen-bond acceptors (Lipinski definition) is 5. The van der Waals surface area contributed by atoms with Crippen molar-refractivity contribution in [1.29, 1.82) is 0 Å². The number of rotatable bonds is 5. The van der Waals surface area contributed by atoms with E-state index in [9.17, 15) is 19.5 Å². The standard InChI is InChI=1S/C18H23NO5S/c1-4-24-18(23)12-8(2)9(3)25-16(12)19-15(20)13-10-5-6-11(7-10)14(13)17(21)22/h10-11,13-14H,4-7H2,1-3H3,(H,19,20)(H,21,22)/t10-,11-,13-,14+/m1/s1. The molecule has 2 aliphatic rings. The molecule has 0 saturated heterocycles. The first-order chi connectivity index (χ1) is 11.8. The highest BCUT2D eigenvalue weighted by atomic mass is 32.1. The monoisotopic (exact) mass is 365 g/mol. The van der Waals surface area contributed by atoms with E-state index >= 15 is 0 Å². The van der Waals surface area contributed by atoms with Gasteiger partial charge < -0.3 is 15.2 Å². The number of ether oxygens (including phenoxy) is 1. The van der Waals surface area contributed by atoms with E-state index in [1.54, 1.807) is 6.92 Å². The number of aliphatic carboxylic acids is 1. The number of fused-ring (bicyclic) bond motifs is 2. The highest BCUT2D eigenvalue weighted by molar-refractivity contribution is 7.16. The molecule has 6 nitrogen and oxygen atoms in total. The Bertz CT molecular complexity index is 725. The Morgan fingerprint density at radius 1 is 1.20 bits per heavy atom. The third kappa shape index (κ3) is 3.05. The number of carboxylic acids is 1. The predicted octanol–water partition coefficient (Wildman–Crippen LogP) is 3.23. The maximum absolute atomic E-state index is 12.9. The van der Waals surface area contributed by atoms with Gasteiger partial charge in [-0.15, -0.1) is 11.3 Å². The molecule has 25 heavy (non-hydrogen) atoms. The lowest BCUT2D eigenvalue weighted by atomic mass is 9.79. The fraction of sp³-hybridized carbons (Fsp3) is 0.611. The van der Waals surface area contributed by atoms with Crippen molar-refractivity contribution >= 4 is 34.2 Å².